The SMILES string of the molecule is CC1CCCN(C(N)=NCc2cc(F)ccc2F)C1.I. The van der Waals surface area contributed by atoms with Crippen LogP contribution in [0.2, 0.25) is 0 Å². The van der Waals surface area contributed by atoms with Gasteiger partial charge >= 0.3 is 0 Å². The zero-order chi connectivity index (χ0) is 13.8. The minimum atomic E-state index is -0.461. The van der Waals surface area contributed by atoms with E-state index < -0.39 is 11.6 Å². The molecule has 0 amide bonds. The molecular formula is C14H20F2IN3. The number of benzene rings is 1. The number of nitrogens with two attached hydrogens (primary N) is 1. The molecule has 0 aliphatic carbocycles. The van der Waals surface area contributed by atoms with Gasteiger partial charge in [-0.25, -0.2) is 13.8 Å². The molecular weight excluding hydrogens is 375 g/mol. The van der Waals surface area contributed by atoms with Crippen molar-refractivity contribution in [2.45, 2.75) is 26.3 Å². The van der Waals surface area contributed by atoms with Gasteiger partial charge in [0.1, 0.15) is 11.6 Å². The maximum Gasteiger partial charge on any atom is 0.191 e. The van der Waals surface area contributed by atoms with E-state index in [0.29, 0.717) is 11.9 Å². The number of rotatable bonds is 2. The third kappa shape index (κ3) is 4.57. The summed E-state index contributed by atoms with van der Waals surface area (Å²) < 4.78 is 26.5. The molecule has 1 aliphatic heterocycles. The molecule has 20 heavy (non-hydrogen) atoms. The van der Waals surface area contributed by atoms with Crippen LogP contribution in [-0.4, -0.2) is 23.9 Å². The smallest absolute Gasteiger partial charge is 0.191 e. The van der Waals surface area contributed by atoms with Crippen molar-refractivity contribution < 1.29 is 8.78 Å². The summed E-state index contributed by atoms with van der Waals surface area (Å²) in [6.45, 7) is 4.00. The first-order valence-electron chi connectivity index (χ1n) is 6.55. The number of halogens is 3. The summed E-state index contributed by atoms with van der Waals surface area (Å²) in [5, 5.41) is 0. The first-order chi connectivity index (χ1) is 9.06. The van der Waals surface area contributed by atoms with Gasteiger partial charge in [0.2, 0.25) is 0 Å². The molecule has 2 N–H and O–H groups in total. The summed E-state index contributed by atoms with van der Waals surface area (Å²) in [5.74, 6) is 0.0883. The van der Waals surface area contributed by atoms with Crippen LogP contribution >= 0.6 is 24.0 Å². The molecule has 0 saturated carbocycles. The molecule has 1 saturated heterocycles. The standard InChI is InChI=1S/C14H19F2N3.HI/c1-10-3-2-6-19(9-10)14(17)18-8-11-7-12(15)4-5-13(11)16;/h4-5,7,10H,2-3,6,8-9H2,1H3,(H2,17,18);1H. The summed E-state index contributed by atoms with van der Waals surface area (Å²) in [6, 6.07) is 3.36. The number of aliphatic imine (C=N–C) groups is 1. The van der Waals surface area contributed by atoms with Crippen molar-refractivity contribution in [2.75, 3.05) is 13.1 Å². The average molecular weight is 395 g/mol. The summed E-state index contributed by atoms with van der Waals surface area (Å²) in [7, 11) is 0. The van der Waals surface area contributed by atoms with Crippen LogP contribution in [0.5, 0.6) is 0 Å². The summed E-state index contributed by atoms with van der Waals surface area (Å²) in [4.78, 5) is 6.17. The van der Waals surface area contributed by atoms with E-state index in [9.17, 15) is 8.78 Å². The number of hydrogen-bond donors (Lipinski definition) is 1. The molecule has 1 aromatic carbocycles. The van der Waals surface area contributed by atoms with Crippen molar-refractivity contribution in [3.8, 4) is 0 Å². The van der Waals surface area contributed by atoms with Crippen LogP contribution in [0.4, 0.5) is 8.78 Å². The van der Waals surface area contributed by atoms with E-state index in [-0.39, 0.29) is 36.1 Å². The predicted octanol–water partition coefficient (Wildman–Crippen LogP) is 3.13. The quantitative estimate of drug-likeness (QED) is 0.475. The van der Waals surface area contributed by atoms with Crippen LogP contribution in [0.3, 0.4) is 0 Å². The Morgan fingerprint density at radius 1 is 1.45 bits per heavy atom. The lowest BCUT2D eigenvalue weighted by molar-refractivity contribution is 0.270. The average Bonchev–Trinajstić information content (AvgIpc) is 2.39. The molecule has 3 nitrogen and oxygen atoms in total. The fourth-order valence-electron chi connectivity index (χ4n) is 2.33. The largest absolute Gasteiger partial charge is 0.370 e. The van der Waals surface area contributed by atoms with Crippen molar-refractivity contribution in [1.29, 1.82) is 0 Å². The molecule has 0 radical (unpaired) electrons. The van der Waals surface area contributed by atoms with E-state index in [1.165, 1.54) is 6.42 Å². The van der Waals surface area contributed by atoms with Gasteiger partial charge in [-0.3, -0.25) is 0 Å². The Morgan fingerprint density at radius 2 is 2.20 bits per heavy atom. The lowest BCUT2D eigenvalue weighted by Crippen LogP contribution is -2.43. The number of guanidine groups is 1. The Labute approximate surface area is 135 Å². The Bertz CT molecular complexity index is 479. The first-order valence-corrected chi connectivity index (χ1v) is 6.55. The molecule has 1 aliphatic rings. The van der Waals surface area contributed by atoms with Gasteiger partial charge in [0, 0.05) is 18.7 Å². The van der Waals surface area contributed by atoms with Crippen LogP contribution in [0.15, 0.2) is 23.2 Å². The predicted molar refractivity (Wildman–Crippen MR) is 87.1 cm³/mol. The maximum atomic E-state index is 13.4. The Kier molecular flexibility index (Phi) is 6.64. The van der Waals surface area contributed by atoms with Gasteiger partial charge in [-0.1, -0.05) is 6.92 Å². The lowest BCUT2D eigenvalue weighted by Gasteiger charge is -2.31. The van der Waals surface area contributed by atoms with Gasteiger partial charge in [0.05, 0.1) is 6.54 Å². The van der Waals surface area contributed by atoms with E-state index in [0.717, 1.165) is 37.7 Å². The van der Waals surface area contributed by atoms with Crippen molar-refractivity contribution in [2.24, 2.45) is 16.6 Å². The van der Waals surface area contributed by atoms with Gasteiger partial charge in [-0.2, -0.15) is 0 Å². The third-order valence-corrected chi connectivity index (χ3v) is 3.40. The number of likely N-dealkylation sites (tertiary alicyclic amines) is 1. The molecule has 1 unspecified atom stereocenters. The second kappa shape index (κ2) is 7.75. The summed E-state index contributed by atoms with van der Waals surface area (Å²) in [5.41, 5.74) is 6.14. The highest BCUT2D eigenvalue weighted by atomic mass is 127. The number of hydrogen-bond acceptors (Lipinski definition) is 1. The molecule has 1 fully saturated rings. The molecule has 0 spiro atoms. The minimum Gasteiger partial charge on any atom is -0.370 e. The molecule has 1 heterocycles. The normalized spacial score (nSPS) is 19.6. The van der Waals surface area contributed by atoms with Gasteiger partial charge in [0.15, 0.2) is 5.96 Å². The Balaban J connectivity index is 0.00000200. The van der Waals surface area contributed by atoms with Gasteiger partial charge in [0.25, 0.3) is 0 Å². The zero-order valence-electron chi connectivity index (χ0n) is 11.5. The fraction of sp³-hybridized carbons (Fsp3) is 0.500. The second-order valence-corrected chi connectivity index (χ2v) is 5.10. The Morgan fingerprint density at radius 3 is 2.90 bits per heavy atom. The molecule has 0 bridgehead atoms. The highest BCUT2D eigenvalue weighted by Crippen LogP contribution is 2.15. The van der Waals surface area contributed by atoms with E-state index in [1.807, 2.05) is 4.90 Å². The van der Waals surface area contributed by atoms with Gasteiger partial charge in [-0.05, 0) is 37.0 Å². The molecule has 2 rings (SSSR count). The molecule has 112 valence electrons. The van der Waals surface area contributed by atoms with E-state index in [2.05, 4.69) is 11.9 Å². The van der Waals surface area contributed by atoms with Crippen LogP contribution < -0.4 is 5.73 Å². The molecule has 1 atom stereocenters. The molecule has 6 heteroatoms. The molecule has 1 aromatic rings. The third-order valence-electron chi connectivity index (χ3n) is 3.40. The first kappa shape index (κ1) is 17.1. The van der Waals surface area contributed by atoms with Crippen LogP contribution in [0, 0.1) is 17.6 Å². The minimum absolute atomic E-state index is 0. The van der Waals surface area contributed by atoms with Crippen LogP contribution in [0.1, 0.15) is 25.3 Å². The maximum absolute atomic E-state index is 13.4. The highest BCUT2D eigenvalue weighted by Gasteiger charge is 2.17. The van der Waals surface area contributed by atoms with E-state index in [1.54, 1.807) is 0 Å². The summed E-state index contributed by atoms with van der Waals surface area (Å²) >= 11 is 0. The highest BCUT2D eigenvalue weighted by molar-refractivity contribution is 14.0. The van der Waals surface area contributed by atoms with Crippen molar-refractivity contribution in [3.63, 3.8) is 0 Å². The number of piperidine rings is 1. The van der Waals surface area contributed by atoms with Crippen molar-refractivity contribution >= 4 is 29.9 Å². The van der Waals surface area contributed by atoms with Crippen molar-refractivity contribution in [1.82, 2.24) is 4.90 Å². The summed E-state index contributed by atoms with van der Waals surface area (Å²) in [6.07, 6.45) is 2.29. The number of nitrogens with zero attached hydrogens (tertiary/aromatic N) is 2. The van der Waals surface area contributed by atoms with Crippen LogP contribution in [0.25, 0.3) is 0 Å². The fourth-order valence-corrected chi connectivity index (χ4v) is 2.33. The monoisotopic (exact) mass is 395 g/mol. The van der Waals surface area contributed by atoms with Gasteiger partial charge in [-0.15, -0.1) is 24.0 Å². The second-order valence-electron chi connectivity index (χ2n) is 5.10. The Hall–Kier alpha value is -0.920. The molecule has 0 aromatic heterocycles. The van der Waals surface area contributed by atoms with E-state index >= 15 is 0 Å². The topological polar surface area (TPSA) is 41.6 Å². The van der Waals surface area contributed by atoms with Gasteiger partial charge < -0.3 is 10.6 Å². The zero-order valence-corrected chi connectivity index (χ0v) is 13.8. The van der Waals surface area contributed by atoms with Crippen LogP contribution in [-0.2, 0) is 6.54 Å². The van der Waals surface area contributed by atoms with Crippen molar-refractivity contribution in [3.05, 3.63) is 35.4 Å². The van der Waals surface area contributed by atoms with E-state index in [4.69, 9.17) is 5.73 Å². The lowest BCUT2D eigenvalue weighted by atomic mass is 10.0.